The molecule has 1 aliphatic heterocycles. The molecule has 3 aromatic rings. The number of carbonyl (C=O) groups excluding carboxylic acids is 1. The van der Waals surface area contributed by atoms with Gasteiger partial charge in [0.15, 0.2) is 0 Å². The minimum Gasteiger partial charge on any atom is -0.496 e. The highest BCUT2D eigenvalue weighted by Crippen LogP contribution is 2.27. The van der Waals surface area contributed by atoms with Crippen molar-refractivity contribution in [3.05, 3.63) is 76.9 Å². The summed E-state index contributed by atoms with van der Waals surface area (Å²) in [5.41, 5.74) is 4.98. The third-order valence-corrected chi connectivity index (χ3v) is 6.96. The number of methoxy groups -OCH3 is 1. The molecule has 0 bridgehead atoms. The highest BCUT2D eigenvalue weighted by Gasteiger charge is 2.36. The molecule has 3 aromatic carbocycles. The lowest BCUT2D eigenvalue weighted by Gasteiger charge is -2.24. The van der Waals surface area contributed by atoms with Gasteiger partial charge in [-0.25, -0.2) is 0 Å². The van der Waals surface area contributed by atoms with Crippen LogP contribution in [0.3, 0.4) is 0 Å². The largest absolute Gasteiger partial charge is 0.496 e. The number of benzene rings is 3. The van der Waals surface area contributed by atoms with E-state index in [0.29, 0.717) is 6.54 Å². The van der Waals surface area contributed by atoms with Crippen molar-refractivity contribution in [3.63, 3.8) is 0 Å². The summed E-state index contributed by atoms with van der Waals surface area (Å²) in [6, 6.07) is 19.2. The fraction of sp³-hybridized carbons (Fsp3) is 0.393. The lowest BCUT2D eigenvalue weighted by Crippen LogP contribution is -2.42. The van der Waals surface area contributed by atoms with E-state index in [4.69, 9.17) is 4.74 Å². The maximum Gasteiger partial charge on any atom is 0.237 e. The zero-order valence-electron chi connectivity index (χ0n) is 20.2. The maximum absolute atomic E-state index is 12.9. The number of fused-ring (bicyclic) bond motifs is 1. The summed E-state index contributed by atoms with van der Waals surface area (Å²) >= 11 is 0. The van der Waals surface area contributed by atoms with Crippen molar-refractivity contribution >= 4 is 16.7 Å². The quantitative estimate of drug-likeness (QED) is 0.542. The molecule has 4 rings (SSSR count). The third-order valence-electron chi connectivity index (χ3n) is 6.96. The molecule has 33 heavy (non-hydrogen) atoms. The molecule has 1 fully saturated rings. The van der Waals surface area contributed by atoms with E-state index in [2.05, 4.69) is 77.9 Å². The first-order chi connectivity index (χ1) is 16.0. The minimum atomic E-state index is -0.125. The fourth-order valence-electron chi connectivity index (χ4n) is 4.96. The van der Waals surface area contributed by atoms with E-state index in [1.54, 1.807) is 7.11 Å². The summed E-state index contributed by atoms with van der Waals surface area (Å²) < 4.78 is 5.45. The average molecular weight is 446 g/mol. The summed E-state index contributed by atoms with van der Waals surface area (Å²) in [4.78, 5) is 15.2. The van der Waals surface area contributed by atoms with E-state index in [-0.39, 0.29) is 18.0 Å². The molecule has 5 nitrogen and oxygen atoms in total. The Bertz CT molecular complexity index is 1120. The first-order valence-electron chi connectivity index (χ1n) is 11.9. The average Bonchev–Trinajstić information content (AvgIpc) is 3.23. The van der Waals surface area contributed by atoms with Crippen LogP contribution >= 0.6 is 0 Å². The summed E-state index contributed by atoms with van der Waals surface area (Å²) in [6.45, 7) is 9.27. The fourth-order valence-corrected chi connectivity index (χ4v) is 4.96. The van der Waals surface area contributed by atoms with Gasteiger partial charge in [-0.05, 0) is 66.3 Å². The Morgan fingerprint density at radius 3 is 2.61 bits per heavy atom. The second kappa shape index (κ2) is 10.4. The summed E-state index contributed by atoms with van der Waals surface area (Å²) in [7, 11) is 1.71. The SMILES string of the molecule is CCNC(=O)[C@@H]1C[C@H](NCc2ccc(OC)c(C)c2C)CN1Cc1cccc2ccccc12. The zero-order valence-corrected chi connectivity index (χ0v) is 20.2. The van der Waals surface area contributed by atoms with Crippen LogP contribution in [0, 0.1) is 13.8 Å². The molecule has 1 saturated heterocycles. The van der Waals surface area contributed by atoms with Gasteiger partial charge in [-0.1, -0.05) is 48.5 Å². The van der Waals surface area contributed by atoms with E-state index in [9.17, 15) is 4.79 Å². The molecular formula is C28H35N3O2. The van der Waals surface area contributed by atoms with E-state index in [1.165, 1.54) is 33.0 Å². The highest BCUT2D eigenvalue weighted by molar-refractivity contribution is 5.86. The second-order valence-electron chi connectivity index (χ2n) is 8.97. The van der Waals surface area contributed by atoms with Crippen molar-refractivity contribution < 1.29 is 9.53 Å². The van der Waals surface area contributed by atoms with Crippen LogP contribution in [-0.2, 0) is 17.9 Å². The normalized spacial score (nSPS) is 18.5. The lowest BCUT2D eigenvalue weighted by molar-refractivity contribution is -0.125. The van der Waals surface area contributed by atoms with E-state index < -0.39 is 0 Å². The van der Waals surface area contributed by atoms with Crippen LogP contribution in [-0.4, -0.2) is 43.1 Å². The van der Waals surface area contributed by atoms with Gasteiger partial charge in [-0.15, -0.1) is 0 Å². The van der Waals surface area contributed by atoms with Crippen LogP contribution in [0.15, 0.2) is 54.6 Å². The minimum absolute atomic E-state index is 0.124. The van der Waals surface area contributed by atoms with Gasteiger partial charge in [-0.2, -0.15) is 0 Å². The van der Waals surface area contributed by atoms with Crippen molar-refractivity contribution in [1.29, 1.82) is 0 Å². The topological polar surface area (TPSA) is 53.6 Å². The summed E-state index contributed by atoms with van der Waals surface area (Å²) in [5, 5.41) is 9.26. The van der Waals surface area contributed by atoms with Crippen LogP contribution in [0.25, 0.3) is 10.8 Å². The molecule has 174 valence electrons. The highest BCUT2D eigenvalue weighted by atomic mass is 16.5. The van der Waals surface area contributed by atoms with Crippen molar-refractivity contribution in [2.24, 2.45) is 0 Å². The number of likely N-dealkylation sites (N-methyl/N-ethyl adjacent to an activating group) is 1. The molecule has 0 saturated carbocycles. The molecule has 0 radical (unpaired) electrons. The van der Waals surface area contributed by atoms with Crippen molar-refractivity contribution in [1.82, 2.24) is 15.5 Å². The molecule has 0 spiro atoms. The Labute approximate surface area is 197 Å². The van der Waals surface area contributed by atoms with Crippen molar-refractivity contribution in [2.75, 3.05) is 20.2 Å². The Morgan fingerprint density at radius 2 is 1.82 bits per heavy atom. The monoisotopic (exact) mass is 445 g/mol. The molecule has 0 unspecified atom stereocenters. The molecule has 0 aliphatic carbocycles. The van der Waals surface area contributed by atoms with E-state index >= 15 is 0 Å². The maximum atomic E-state index is 12.9. The molecule has 5 heteroatoms. The molecule has 0 aromatic heterocycles. The Kier molecular flexibility index (Phi) is 7.31. The van der Waals surface area contributed by atoms with Crippen LogP contribution in [0.1, 0.15) is 35.6 Å². The number of likely N-dealkylation sites (tertiary alicyclic amines) is 1. The zero-order chi connectivity index (χ0) is 23.4. The van der Waals surface area contributed by atoms with Gasteiger partial charge < -0.3 is 15.4 Å². The van der Waals surface area contributed by atoms with Crippen molar-refractivity contribution in [3.8, 4) is 5.75 Å². The number of carbonyl (C=O) groups is 1. The number of nitrogens with zero attached hydrogens (tertiary/aromatic N) is 1. The van der Waals surface area contributed by atoms with Crippen LogP contribution in [0.4, 0.5) is 0 Å². The number of nitrogens with one attached hydrogen (secondary N) is 2. The standard InChI is InChI=1S/C28H35N3O2/c1-5-29-28(32)26-15-24(30-16-22-13-14-27(33-4)20(3)19(22)2)18-31(26)17-23-11-8-10-21-9-6-7-12-25(21)23/h6-14,24,26,30H,5,15-18H2,1-4H3,(H,29,32)/t24-,26-/m0/s1. The second-order valence-corrected chi connectivity index (χ2v) is 8.97. The third kappa shape index (κ3) is 5.05. The summed E-state index contributed by atoms with van der Waals surface area (Å²) in [5.74, 6) is 1.05. The molecule has 1 heterocycles. The number of amides is 1. The lowest BCUT2D eigenvalue weighted by atomic mass is 10.0. The summed E-state index contributed by atoms with van der Waals surface area (Å²) in [6.07, 6.45) is 0.810. The number of ether oxygens (including phenoxy) is 1. The molecular weight excluding hydrogens is 410 g/mol. The number of hydrogen-bond donors (Lipinski definition) is 2. The van der Waals surface area contributed by atoms with Crippen molar-refractivity contribution in [2.45, 2.75) is 52.4 Å². The van der Waals surface area contributed by atoms with Gasteiger partial charge in [-0.3, -0.25) is 9.69 Å². The first-order valence-corrected chi connectivity index (χ1v) is 11.9. The molecule has 2 N–H and O–H groups in total. The number of rotatable bonds is 8. The van der Waals surface area contributed by atoms with Crippen LogP contribution in [0.5, 0.6) is 5.75 Å². The molecule has 1 amide bonds. The van der Waals surface area contributed by atoms with E-state index in [1.807, 2.05) is 13.0 Å². The molecule has 2 atom stereocenters. The Morgan fingerprint density at radius 1 is 1.03 bits per heavy atom. The van der Waals surface area contributed by atoms with Crippen LogP contribution < -0.4 is 15.4 Å². The smallest absolute Gasteiger partial charge is 0.237 e. The van der Waals surface area contributed by atoms with E-state index in [0.717, 1.165) is 31.8 Å². The molecule has 1 aliphatic rings. The van der Waals surface area contributed by atoms with Gasteiger partial charge >= 0.3 is 0 Å². The van der Waals surface area contributed by atoms with Gasteiger partial charge in [0, 0.05) is 32.2 Å². The van der Waals surface area contributed by atoms with Gasteiger partial charge in [0.05, 0.1) is 13.2 Å². The van der Waals surface area contributed by atoms with Gasteiger partial charge in [0.2, 0.25) is 5.91 Å². The predicted octanol–water partition coefficient (Wildman–Crippen LogP) is 4.33. The predicted molar refractivity (Wildman–Crippen MR) is 135 cm³/mol. The van der Waals surface area contributed by atoms with Gasteiger partial charge in [0.25, 0.3) is 0 Å². The Hall–Kier alpha value is -2.89. The van der Waals surface area contributed by atoms with Gasteiger partial charge in [0.1, 0.15) is 5.75 Å². The first kappa shape index (κ1) is 23.3. The van der Waals surface area contributed by atoms with Crippen LogP contribution in [0.2, 0.25) is 0 Å². The number of hydrogen-bond acceptors (Lipinski definition) is 4. The Balaban J connectivity index is 1.50.